The third-order valence-electron chi connectivity index (χ3n) is 6.95. The number of Topliss-reactive ketones (excluding diaryl/α,β-unsaturated/α-hetero) is 1. The predicted molar refractivity (Wildman–Crippen MR) is 114 cm³/mol. The molecule has 0 aromatic carbocycles. The number of hydrogen-bond acceptors (Lipinski definition) is 2. The number of hydrogen-bond donors (Lipinski definition) is 0. The van der Waals surface area contributed by atoms with Crippen molar-refractivity contribution in [1.82, 2.24) is 0 Å². The average Bonchev–Trinajstić information content (AvgIpc) is 3.44. The normalized spacial score (nSPS) is 23.1. The summed E-state index contributed by atoms with van der Waals surface area (Å²) in [5.74, 6) is 2.40. The second kappa shape index (κ2) is 9.58. The molecular formula is C26H34O2. The van der Waals surface area contributed by atoms with Crippen LogP contribution < -0.4 is 0 Å². The van der Waals surface area contributed by atoms with Crippen LogP contribution in [0.25, 0.3) is 0 Å². The number of furan rings is 1. The monoisotopic (exact) mass is 378 g/mol. The van der Waals surface area contributed by atoms with E-state index in [9.17, 15) is 4.79 Å². The van der Waals surface area contributed by atoms with Crippen LogP contribution in [-0.4, -0.2) is 5.78 Å². The van der Waals surface area contributed by atoms with Crippen LogP contribution in [0, 0.1) is 11.8 Å². The van der Waals surface area contributed by atoms with Crippen LogP contribution in [-0.2, 0) is 11.2 Å². The zero-order chi connectivity index (χ0) is 19.2. The fourth-order valence-electron chi connectivity index (χ4n) is 5.42. The van der Waals surface area contributed by atoms with Crippen LogP contribution >= 0.6 is 0 Å². The third-order valence-corrected chi connectivity index (χ3v) is 6.95. The van der Waals surface area contributed by atoms with E-state index in [4.69, 9.17) is 4.42 Å². The van der Waals surface area contributed by atoms with Gasteiger partial charge in [0.2, 0.25) is 0 Å². The number of carbonyl (C=O) groups excluding carboxylic acids is 1. The van der Waals surface area contributed by atoms with Gasteiger partial charge in [0.25, 0.3) is 0 Å². The van der Waals surface area contributed by atoms with Gasteiger partial charge in [-0.1, -0.05) is 62.3 Å². The van der Waals surface area contributed by atoms with Crippen LogP contribution in [0.2, 0.25) is 0 Å². The second-order valence-corrected chi connectivity index (χ2v) is 8.85. The van der Waals surface area contributed by atoms with Crippen molar-refractivity contribution in [3.05, 3.63) is 59.1 Å². The molecule has 1 heterocycles. The number of rotatable bonds is 7. The SMILES string of the molecule is O=C(C1=CC=C/C1=C(/CCCc1ccco1)C1CCCCC1)C1CCCCC1. The summed E-state index contributed by atoms with van der Waals surface area (Å²) in [4.78, 5) is 13.3. The molecular weight excluding hydrogens is 344 g/mol. The minimum absolute atomic E-state index is 0.255. The Balaban J connectivity index is 1.53. The second-order valence-electron chi connectivity index (χ2n) is 8.85. The Bertz CT molecular complexity index is 735. The molecule has 0 spiro atoms. The van der Waals surface area contributed by atoms with E-state index in [1.807, 2.05) is 6.07 Å². The van der Waals surface area contributed by atoms with Crippen molar-refractivity contribution in [2.75, 3.05) is 0 Å². The minimum atomic E-state index is 0.255. The van der Waals surface area contributed by atoms with Gasteiger partial charge >= 0.3 is 0 Å². The molecule has 1 aromatic heterocycles. The maximum Gasteiger partial charge on any atom is 0.166 e. The van der Waals surface area contributed by atoms with Gasteiger partial charge in [0.1, 0.15) is 5.76 Å². The van der Waals surface area contributed by atoms with Gasteiger partial charge in [-0.15, -0.1) is 0 Å². The van der Waals surface area contributed by atoms with Gasteiger partial charge in [-0.3, -0.25) is 4.79 Å². The number of ketones is 1. The zero-order valence-corrected chi connectivity index (χ0v) is 17.1. The van der Waals surface area contributed by atoms with E-state index in [0.29, 0.717) is 11.7 Å². The van der Waals surface area contributed by atoms with Crippen molar-refractivity contribution in [1.29, 1.82) is 0 Å². The van der Waals surface area contributed by atoms with E-state index in [2.05, 4.69) is 24.3 Å². The van der Waals surface area contributed by atoms with Crippen LogP contribution in [0.4, 0.5) is 0 Å². The van der Waals surface area contributed by atoms with Crippen molar-refractivity contribution in [2.24, 2.45) is 11.8 Å². The summed E-state index contributed by atoms with van der Waals surface area (Å²) in [7, 11) is 0. The Morgan fingerprint density at radius 3 is 2.36 bits per heavy atom. The highest BCUT2D eigenvalue weighted by Crippen LogP contribution is 2.39. The van der Waals surface area contributed by atoms with Crippen LogP contribution in [0.15, 0.2) is 57.8 Å². The molecule has 2 heteroatoms. The molecule has 0 bridgehead atoms. The van der Waals surface area contributed by atoms with Crippen molar-refractivity contribution in [3.63, 3.8) is 0 Å². The summed E-state index contributed by atoms with van der Waals surface area (Å²) >= 11 is 0. The van der Waals surface area contributed by atoms with E-state index in [0.717, 1.165) is 43.4 Å². The highest BCUT2D eigenvalue weighted by molar-refractivity contribution is 6.03. The fourth-order valence-corrected chi connectivity index (χ4v) is 5.42. The predicted octanol–water partition coefficient (Wildman–Crippen LogP) is 7.12. The van der Waals surface area contributed by atoms with Gasteiger partial charge in [-0.25, -0.2) is 0 Å². The Labute approximate surface area is 169 Å². The van der Waals surface area contributed by atoms with Gasteiger partial charge < -0.3 is 4.42 Å². The van der Waals surface area contributed by atoms with Crippen LogP contribution in [0.1, 0.15) is 82.8 Å². The first kappa shape index (κ1) is 19.5. The molecule has 150 valence electrons. The number of carbonyl (C=O) groups is 1. The molecule has 0 saturated heterocycles. The molecule has 2 saturated carbocycles. The maximum absolute atomic E-state index is 13.3. The number of allylic oxidation sites excluding steroid dienone is 6. The first-order valence-electron chi connectivity index (χ1n) is 11.5. The first-order valence-corrected chi connectivity index (χ1v) is 11.5. The Hall–Kier alpha value is -1.83. The van der Waals surface area contributed by atoms with Gasteiger partial charge in [-0.2, -0.15) is 0 Å². The Kier molecular flexibility index (Phi) is 6.67. The standard InChI is InChI=1S/C26H34O2/c27-26(21-12-5-2-6-13-21)25-18-8-17-24(25)23(20-10-3-1-4-11-20)16-7-14-22-15-9-19-28-22/h8-9,15,17-21H,1-7,10-14,16H2/b24-23+. The van der Waals surface area contributed by atoms with E-state index >= 15 is 0 Å². The molecule has 3 aliphatic carbocycles. The lowest BCUT2D eigenvalue weighted by Gasteiger charge is -2.28. The van der Waals surface area contributed by atoms with Gasteiger partial charge in [0.05, 0.1) is 6.26 Å². The highest BCUT2D eigenvalue weighted by atomic mass is 16.3. The molecule has 0 N–H and O–H groups in total. The molecule has 2 fully saturated rings. The quantitative estimate of drug-likeness (QED) is 0.505. The van der Waals surface area contributed by atoms with E-state index in [-0.39, 0.29) is 5.92 Å². The molecule has 0 unspecified atom stereocenters. The van der Waals surface area contributed by atoms with Gasteiger partial charge in [0.15, 0.2) is 5.78 Å². The van der Waals surface area contributed by atoms with E-state index in [1.165, 1.54) is 56.9 Å². The van der Waals surface area contributed by atoms with Gasteiger partial charge in [0, 0.05) is 17.9 Å². The summed E-state index contributed by atoms with van der Waals surface area (Å²) in [5.41, 5.74) is 3.85. The Morgan fingerprint density at radius 1 is 0.964 bits per heavy atom. The maximum atomic E-state index is 13.3. The molecule has 2 nitrogen and oxygen atoms in total. The molecule has 0 atom stereocenters. The van der Waals surface area contributed by atoms with E-state index < -0.39 is 0 Å². The lowest BCUT2D eigenvalue weighted by atomic mass is 9.76. The molecule has 0 aliphatic heterocycles. The summed E-state index contributed by atoms with van der Waals surface area (Å²) in [5, 5.41) is 0. The lowest BCUT2D eigenvalue weighted by molar-refractivity contribution is -0.119. The summed E-state index contributed by atoms with van der Waals surface area (Å²) in [6.45, 7) is 0. The lowest BCUT2D eigenvalue weighted by Crippen LogP contribution is -2.21. The van der Waals surface area contributed by atoms with Gasteiger partial charge in [-0.05, 0) is 62.1 Å². The number of aryl methyl sites for hydroxylation is 1. The molecule has 4 rings (SSSR count). The zero-order valence-electron chi connectivity index (χ0n) is 17.1. The first-order chi connectivity index (χ1) is 13.8. The van der Waals surface area contributed by atoms with Crippen molar-refractivity contribution >= 4 is 5.78 Å². The van der Waals surface area contributed by atoms with Crippen LogP contribution in [0.5, 0.6) is 0 Å². The third kappa shape index (κ3) is 4.59. The average molecular weight is 379 g/mol. The molecule has 28 heavy (non-hydrogen) atoms. The van der Waals surface area contributed by atoms with E-state index in [1.54, 1.807) is 11.8 Å². The van der Waals surface area contributed by atoms with Crippen molar-refractivity contribution < 1.29 is 9.21 Å². The summed E-state index contributed by atoms with van der Waals surface area (Å²) in [6, 6.07) is 4.04. The molecule has 0 radical (unpaired) electrons. The molecule has 1 aromatic rings. The van der Waals surface area contributed by atoms with Crippen molar-refractivity contribution in [3.8, 4) is 0 Å². The summed E-state index contributed by atoms with van der Waals surface area (Å²) < 4.78 is 5.53. The fraction of sp³-hybridized carbons (Fsp3) is 0.577. The topological polar surface area (TPSA) is 30.2 Å². The smallest absolute Gasteiger partial charge is 0.166 e. The molecule has 0 amide bonds. The Morgan fingerprint density at radius 2 is 1.68 bits per heavy atom. The van der Waals surface area contributed by atoms with Crippen LogP contribution in [0.3, 0.4) is 0 Å². The highest BCUT2D eigenvalue weighted by Gasteiger charge is 2.29. The summed E-state index contributed by atoms with van der Waals surface area (Å²) in [6.07, 6.45) is 23.9. The van der Waals surface area contributed by atoms with Crippen molar-refractivity contribution in [2.45, 2.75) is 83.5 Å². The largest absolute Gasteiger partial charge is 0.469 e. The molecule has 3 aliphatic rings. The minimum Gasteiger partial charge on any atom is -0.469 e.